The average Bonchev–Trinajstić information content (AvgIpc) is 2.26. The Bertz CT molecular complexity index is 454. The molecule has 0 saturated heterocycles. The normalized spacial score (nSPS) is 13.3. The van der Waals surface area contributed by atoms with E-state index in [9.17, 15) is 13.6 Å². The van der Waals surface area contributed by atoms with Gasteiger partial charge in [0.15, 0.2) is 0 Å². The van der Waals surface area contributed by atoms with Crippen molar-refractivity contribution in [3.8, 4) is 0 Å². The van der Waals surface area contributed by atoms with Gasteiger partial charge in [0.05, 0.1) is 18.6 Å². The molecule has 0 bridgehead atoms. The maximum Gasteiger partial charge on any atom is 0.313 e. The lowest BCUT2D eigenvalue weighted by Gasteiger charge is -2.29. The molecule has 0 radical (unpaired) electrons. The van der Waals surface area contributed by atoms with Gasteiger partial charge in [0, 0.05) is 10.6 Å². The highest BCUT2D eigenvalue weighted by molar-refractivity contribution is 6.30. The van der Waals surface area contributed by atoms with Crippen molar-refractivity contribution in [3.63, 3.8) is 0 Å². The van der Waals surface area contributed by atoms with Gasteiger partial charge in [-0.05, 0) is 26.0 Å². The van der Waals surface area contributed by atoms with E-state index in [1.807, 2.05) is 0 Å². The van der Waals surface area contributed by atoms with Gasteiger partial charge in [-0.1, -0.05) is 11.6 Å². The van der Waals surface area contributed by atoms with Crippen LogP contribution in [0.1, 0.15) is 25.5 Å². The Morgan fingerprint density at radius 1 is 1.39 bits per heavy atom. The summed E-state index contributed by atoms with van der Waals surface area (Å²) in [6.07, 6.45) is 0. The third-order valence-corrected chi connectivity index (χ3v) is 3.06. The number of esters is 1. The Hall–Kier alpha value is -1.20. The van der Waals surface area contributed by atoms with Gasteiger partial charge in [-0.25, -0.2) is 8.78 Å². The second kappa shape index (κ2) is 5.20. The molecule has 0 fully saturated rings. The lowest BCUT2D eigenvalue weighted by molar-refractivity contribution is -0.152. The van der Waals surface area contributed by atoms with E-state index < -0.39 is 29.1 Å². The van der Waals surface area contributed by atoms with Gasteiger partial charge in [0.1, 0.15) is 11.6 Å². The summed E-state index contributed by atoms with van der Waals surface area (Å²) in [7, 11) is 1.19. The fourth-order valence-corrected chi connectivity index (χ4v) is 1.79. The van der Waals surface area contributed by atoms with E-state index in [0.29, 0.717) is 0 Å². The van der Waals surface area contributed by atoms with Gasteiger partial charge in [-0.2, -0.15) is 0 Å². The van der Waals surface area contributed by atoms with Crippen molar-refractivity contribution in [1.82, 2.24) is 0 Å². The third kappa shape index (κ3) is 2.62. The van der Waals surface area contributed by atoms with Crippen LogP contribution < -0.4 is 5.73 Å². The molecule has 0 aliphatic heterocycles. The molecule has 0 amide bonds. The van der Waals surface area contributed by atoms with E-state index in [1.54, 1.807) is 0 Å². The number of ether oxygens (including phenoxy) is 1. The highest BCUT2D eigenvalue weighted by Gasteiger charge is 2.39. The number of hydrogen-bond acceptors (Lipinski definition) is 3. The number of halogens is 3. The smallest absolute Gasteiger partial charge is 0.313 e. The summed E-state index contributed by atoms with van der Waals surface area (Å²) in [6.45, 7) is 2.91. The summed E-state index contributed by atoms with van der Waals surface area (Å²) >= 11 is 5.52. The summed E-state index contributed by atoms with van der Waals surface area (Å²) in [5.74, 6) is -2.42. The molecule has 0 aliphatic carbocycles. The first-order chi connectivity index (χ1) is 8.21. The van der Waals surface area contributed by atoms with Crippen LogP contribution in [0.15, 0.2) is 12.1 Å². The Kier molecular flexibility index (Phi) is 4.29. The number of carbonyl (C=O) groups excluding carboxylic acids is 1. The minimum absolute atomic E-state index is 0.0724. The molecule has 0 unspecified atom stereocenters. The fourth-order valence-electron chi connectivity index (χ4n) is 1.60. The highest BCUT2D eigenvalue weighted by atomic mass is 35.5. The lowest BCUT2D eigenvalue weighted by Crippen LogP contribution is -2.38. The molecule has 6 heteroatoms. The van der Waals surface area contributed by atoms with E-state index in [1.165, 1.54) is 21.0 Å². The van der Waals surface area contributed by atoms with Crippen molar-refractivity contribution in [2.45, 2.75) is 19.9 Å². The number of carbonyl (C=O) groups is 1. The minimum atomic E-state index is -1.26. The van der Waals surface area contributed by atoms with Crippen molar-refractivity contribution < 1.29 is 18.3 Å². The zero-order chi connectivity index (χ0) is 14.1. The fraction of sp³-hybridized carbons (Fsp3) is 0.417. The van der Waals surface area contributed by atoms with Crippen molar-refractivity contribution in [1.29, 1.82) is 0 Å². The van der Waals surface area contributed by atoms with Crippen molar-refractivity contribution in [2.24, 2.45) is 11.1 Å². The van der Waals surface area contributed by atoms with Gasteiger partial charge < -0.3 is 10.5 Å². The van der Waals surface area contributed by atoms with Crippen LogP contribution in [0.5, 0.6) is 0 Å². The van der Waals surface area contributed by atoms with E-state index in [2.05, 4.69) is 4.74 Å². The molecular formula is C12H14ClF2NO2. The monoisotopic (exact) mass is 277 g/mol. The highest BCUT2D eigenvalue weighted by Crippen LogP contribution is 2.36. The van der Waals surface area contributed by atoms with Gasteiger partial charge in [0.2, 0.25) is 0 Å². The van der Waals surface area contributed by atoms with Gasteiger partial charge in [-0.15, -0.1) is 0 Å². The summed E-state index contributed by atoms with van der Waals surface area (Å²) in [5, 5.41) is -0.0724. The Morgan fingerprint density at radius 3 is 2.22 bits per heavy atom. The molecule has 0 heterocycles. The van der Waals surface area contributed by atoms with Crippen LogP contribution in [0.3, 0.4) is 0 Å². The molecule has 2 N–H and O–H groups in total. The van der Waals surface area contributed by atoms with E-state index in [4.69, 9.17) is 17.3 Å². The van der Waals surface area contributed by atoms with Gasteiger partial charge in [-0.3, -0.25) is 4.79 Å². The van der Waals surface area contributed by atoms with Gasteiger partial charge in [0.25, 0.3) is 0 Å². The first-order valence-electron chi connectivity index (χ1n) is 5.20. The Labute approximate surface area is 109 Å². The zero-order valence-corrected chi connectivity index (χ0v) is 11.0. The molecule has 1 rings (SSSR count). The van der Waals surface area contributed by atoms with Crippen LogP contribution in [0.25, 0.3) is 0 Å². The van der Waals surface area contributed by atoms with E-state index >= 15 is 0 Å². The SMILES string of the molecule is COC(=O)C(C)(C)[C@@H](N)c1c(F)cc(Cl)cc1F. The molecule has 1 aromatic carbocycles. The van der Waals surface area contributed by atoms with E-state index in [-0.39, 0.29) is 10.6 Å². The number of hydrogen-bond donors (Lipinski definition) is 1. The molecule has 3 nitrogen and oxygen atoms in total. The van der Waals surface area contributed by atoms with Crippen LogP contribution in [-0.2, 0) is 9.53 Å². The molecule has 1 aromatic rings. The van der Waals surface area contributed by atoms with Crippen LogP contribution in [-0.4, -0.2) is 13.1 Å². The molecule has 0 aliphatic rings. The maximum absolute atomic E-state index is 13.7. The number of rotatable bonds is 3. The quantitative estimate of drug-likeness (QED) is 0.865. The molecule has 0 saturated carbocycles. The van der Waals surface area contributed by atoms with Crippen LogP contribution in [0.2, 0.25) is 5.02 Å². The zero-order valence-electron chi connectivity index (χ0n) is 10.3. The summed E-state index contributed by atoms with van der Waals surface area (Å²) < 4.78 is 32.0. The molecule has 0 aromatic heterocycles. The average molecular weight is 278 g/mol. The minimum Gasteiger partial charge on any atom is -0.469 e. The van der Waals surface area contributed by atoms with Gasteiger partial charge >= 0.3 is 5.97 Å². The van der Waals surface area contributed by atoms with E-state index in [0.717, 1.165) is 12.1 Å². The standard InChI is InChI=1S/C12H14ClF2NO2/c1-12(2,11(17)18-3)10(16)9-7(14)4-6(13)5-8(9)15/h4-5,10H,16H2,1-3H3/t10-/m0/s1. The first-order valence-corrected chi connectivity index (χ1v) is 5.58. The molecule has 18 heavy (non-hydrogen) atoms. The van der Waals surface area contributed by atoms with Crippen LogP contribution in [0.4, 0.5) is 8.78 Å². The van der Waals surface area contributed by atoms with Crippen molar-refractivity contribution >= 4 is 17.6 Å². The maximum atomic E-state index is 13.7. The molecule has 1 atom stereocenters. The van der Waals surface area contributed by atoms with Crippen LogP contribution >= 0.6 is 11.6 Å². The topological polar surface area (TPSA) is 52.3 Å². The number of nitrogens with two attached hydrogens (primary N) is 1. The predicted molar refractivity (Wildman–Crippen MR) is 64.1 cm³/mol. The number of benzene rings is 1. The first kappa shape index (κ1) is 14.9. The molecule has 100 valence electrons. The largest absolute Gasteiger partial charge is 0.469 e. The second-order valence-corrected chi connectivity index (χ2v) is 4.91. The number of methoxy groups -OCH3 is 1. The summed E-state index contributed by atoms with van der Waals surface area (Å²) in [4.78, 5) is 11.6. The second-order valence-electron chi connectivity index (χ2n) is 4.47. The third-order valence-electron chi connectivity index (χ3n) is 2.84. The summed E-state index contributed by atoms with van der Waals surface area (Å²) in [5.41, 5.74) is 4.14. The lowest BCUT2D eigenvalue weighted by atomic mass is 9.80. The van der Waals surface area contributed by atoms with Crippen LogP contribution in [0, 0.1) is 17.0 Å². The van der Waals surface area contributed by atoms with Crippen molar-refractivity contribution in [3.05, 3.63) is 34.4 Å². The van der Waals surface area contributed by atoms with Crippen molar-refractivity contribution in [2.75, 3.05) is 7.11 Å². The Morgan fingerprint density at radius 2 is 1.83 bits per heavy atom. The molecule has 0 spiro atoms. The predicted octanol–water partition coefficient (Wildman–Crippen LogP) is 2.82. The molecular weight excluding hydrogens is 264 g/mol. The Balaban J connectivity index is 3.27. The summed E-state index contributed by atoms with van der Waals surface area (Å²) in [6, 6.07) is 0.725.